The van der Waals surface area contributed by atoms with Gasteiger partial charge in [-0.2, -0.15) is 0 Å². The van der Waals surface area contributed by atoms with E-state index < -0.39 is 0 Å². The molecule has 0 spiro atoms. The van der Waals surface area contributed by atoms with Crippen molar-refractivity contribution in [2.45, 2.75) is 33.6 Å². The van der Waals surface area contributed by atoms with E-state index in [1.165, 1.54) is 5.56 Å². The third kappa shape index (κ3) is 3.65. The molecule has 1 fully saturated rings. The van der Waals surface area contributed by atoms with E-state index in [0.29, 0.717) is 13.2 Å². The van der Waals surface area contributed by atoms with Gasteiger partial charge in [0.25, 0.3) is 0 Å². The van der Waals surface area contributed by atoms with Gasteiger partial charge in [0.15, 0.2) is 0 Å². The Morgan fingerprint density at radius 3 is 2.40 bits per heavy atom. The number of rotatable bonds is 4. The Hall–Kier alpha value is -1.71. The molecule has 0 bridgehead atoms. The number of nitrogens with zero attached hydrogens (tertiary/aromatic N) is 1. The number of amides is 2. The van der Waals surface area contributed by atoms with Gasteiger partial charge in [0.2, 0.25) is 0 Å². The van der Waals surface area contributed by atoms with Crippen molar-refractivity contribution in [1.29, 1.82) is 0 Å². The Labute approximate surface area is 121 Å². The predicted octanol–water partition coefficient (Wildman–Crippen LogP) is 2.80. The number of likely N-dealkylation sites (tertiary alicyclic amines) is 1. The number of carbonyl (C=O) groups excluding carboxylic acids is 1. The summed E-state index contributed by atoms with van der Waals surface area (Å²) in [4.78, 5) is 13.7. The molecule has 0 unspecified atom stereocenters. The predicted molar refractivity (Wildman–Crippen MR) is 80.4 cm³/mol. The van der Waals surface area contributed by atoms with Crippen LogP contribution >= 0.6 is 0 Å². The lowest BCUT2D eigenvalue weighted by molar-refractivity contribution is 0.205. The van der Waals surface area contributed by atoms with Crippen LogP contribution in [0.15, 0.2) is 12.1 Å². The molecule has 1 heterocycles. The maximum absolute atomic E-state index is 11.8. The van der Waals surface area contributed by atoms with Crippen LogP contribution in [0.4, 0.5) is 4.79 Å². The number of aryl methyl sites for hydroxylation is 3. The minimum Gasteiger partial charge on any atom is -0.491 e. The molecule has 20 heavy (non-hydrogen) atoms. The van der Waals surface area contributed by atoms with Crippen LogP contribution < -0.4 is 10.1 Å². The van der Waals surface area contributed by atoms with E-state index in [1.807, 2.05) is 4.90 Å². The first-order chi connectivity index (χ1) is 9.58. The fourth-order valence-corrected chi connectivity index (χ4v) is 2.74. The minimum absolute atomic E-state index is 0.0310. The normalized spacial score (nSPS) is 14.4. The summed E-state index contributed by atoms with van der Waals surface area (Å²) in [6.45, 7) is 8.99. The van der Waals surface area contributed by atoms with Crippen molar-refractivity contribution in [2.75, 3.05) is 26.2 Å². The number of carbonyl (C=O) groups is 1. The number of urea groups is 1. The van der Waals surface area contributed by atoms with Crippen molar-refractivity contribution in [3.8, 4) is 5.75 Å². The second kappa shape index (κ2) is 6.64. The molecule has 0 radical (unpaired) electrons. The van der Waals surface area contributed by atoms with Crippen molar-refractivity contribution in [3.05, 3.63) is 28.8 Å². The Morgan fingerprint density at radius 2 is 1.80 bits per heavy atom. The third-order valence-corrected chi connectivity index (χ3v) is 3.62. The molecule has 0 aliphatic carbocycles. The summed E-state index contributed by atoms with van der Waals surface area (Å²) in [5, 5.41) is 2.91. The first kappa shape index (κ1) is 14.7. The standard InChI is InChI=1S/C16H24N2O2/c1-12-10-13(2)15(14(3)11-12)20-9-6-17-16(19)18-7-4-5-8-18/h10-11H,4-9H2,1-3H3,(H,17,19). The quantitative estimate of drug-likeness (QED) is 0.859. The molecular weight excluding hydrogens is 252 g/mol. The monoisotopic (exact) mass is 276 g/mol. The fraction of sp³-hybridized carbons (Fsp3) is 0.562. The summed E-state index contributed by atoms with van der Waals surface area (Å²) in [6, 6.07) is 4.26. The zero-order valence-corrected chi connectivity index (χ0v) is 12.7. The Bertz CT molecular complexity index is 456. The molecule has 1 aromatic rings. The van der Waals surface area contributed by atoms with E-state index in [0.717, 1.165) is 42.8 Å². The van der Waals surface area contributed by atoms with Crippen molar-refractivity contribution in [1.82, 2.24) is 10.2 Å². The lowest BCUT2D eigenvalue weighted by Crippen LogP contribution is -2.39. The molecule has 1 aliphatic rings. The minimum atomic E-state index is 0.0310. The maximum Gasteiger partial charge on any atom is 0.317 e. The Kier molecular flexibility index (Phi) is 4.88. The van der Waals surface area contributed by atoms with Crippen LogP contribution in [0, 0.1) is 20.8 Å². The van der Waals surface area contributed by atoms with Crippen LogP contribution in [0.5, 0.6) is 5.75 Å². The van der Waals surface area contributed by atoms with E-state index >= 15 is 0 Å². The van der Waals surface area contributed by atoms with E-state index in [9.17, 15) is 4.79 Å². The number of hydrogen-bond donors (Lipinski definition) is 1. The molecule has 2 rings (SSSR count). The number of ether oxygens (including phenoxy) is 1. The van der Waals surface area contributed by atoms with Gasteiger partial charge in [-0.1, -0.05) is 17.7 Å². The van der Waals surface area contributed by atoms with Gasteiger partial charge >= 0.3 is 6.03 Å². The largest absolute Gasteiger partial charge is 0.491 e. The summed E-state index contributed by atoms with van der Waals surface area (Å²) in [5.74, 6) is 0.936. The highest BCUT2D eigenvalue weighted by atomic mass is 16.5. The first-order valence-corrected chi connectivity index (χ1v) is 7.31. The second-order valence-corrected chi connectivity index (χ2v) is 5.50. The Balaban J connectivity index is 1.77. The SMILES string of the molecule is Cc1cc(C)c(OCCNC(=O)N2CCCC2)c(C)c1. The molecule has 1 N–H and O–H groups in total. The van der Waals surface area contributed by atoms with Crippen molar-refractivity contribution in [3.63, 3.8) is 0 Å². The van der Waals surface area contributed by atoms with Gasteiger partial charge in [-0.05, 0) is 44.7 Å². The van der Waals surface area contributed by atoms with Crippen LogP contribution in [0.2, 0.25) is 0 Å². The highest BCUT2D eigenvalue weighted by Crippen LogP contribution is 2.24. The van der Waals surface area contributed by atoms with E-state index in [1.54, 1.807) is 0 Å². The molecule has 4 nitrogen and oxygen atoms in total. The zero-order valence-electron chi connectivity index (χ0n) is 12.7. The molecule has 2 amide bonds. The third-order valence-electron chi connectivity index (χ3n) is 3.62. The smallest absolute Gasteiger partial charge is 0.317 e. The van der Waals surface area contributed by atoms with Gasteiger partial charge in [0.1, 0.15) is 12.4 Å². The summed E-state index contributed by atoms with van der Waals surface area (Å²) >= 11 is 0. The molecule has 110 valence electrons. The molecule has 1 aliphatic heterocycles. The highest BCUT2D eigenvalue weighted by molar-refractivity contribution is 5.74. The number of hydrogen-bond acceptors (Lipinski definition) is 2. The molecule has 1 saturated heterocycles. The van der Waals surface area contributed by atoms with Crippen molar-refractivity contribution < 1.29 is 9.53 Å². The van der Waals surface area contributed by atoms with Gasteiger partial charge < -0.3 is 15.0 Å². The van der Waals surface area contributed by atoms with Crippen LogP contribution in [0.3, 0.4) is 0 Å². The summed E-state index contributed by atoms with van der Waals surface area (Å²) < 4.78 is 5.80. The molecule has 0 saturated carbocycles. The van der Waals surface area contributed by atoms with Crippen LogP contribution in [-0.2, 0) is 0 Å². The Morgan fingerprint density at radius 1 is 1.20 bits per heavy atom. The molecule has 0 aromatic heterocycles. The summed E-state index contributed by atoms with van der Waals surface area (Å²) in [7, 11) is 0. The van der Waals surface area contributed by atoms with E-state index in [4.69, 9.17) is 4.74 Å². The van der Waals surface area contributed by atoms with Gasteiger partial charge in [-0.15, -0.1) is 0 Å². The average Bonchev–Trinajstić information content (AvgIpc) is 2.90. The number of nitrogens with one attached hydrogen (secondary N) is 1. The van der Waals surface area contributed by atoms with Gasteiger partial charge in [-0.3, -0.25) is 0 Å². The molecular formula is C16H24N2O2. The van der Waals surface area contributed by atoms with Crippen molar-refractivity contribution in [2.24, 2.45) is 0 Å². The number of benzene rings is 1. The average molecular weight is 276 g/mol. The maximum atomic E-state index is 11.8. The van der Waals surface area contributed by atoms with E-state index in [-0.39, 0.29) is 6.03 Å². The van der Waals surface area contributed by atoms with E-state index in [2.05, 4.69) is 38.2 Å². The topological polar surface area (TPSA) is 41.6 Å². The van der Waals surface area contributed by atoms with Gasteiger partial charge in [-0.25, -0.2) is 4.79 Å². The van der Waals surface area contributed by atoms with Gasteiger partial charge in [0.05, 0.1) is 6.54 Å². The zero-order chi connectivity index (χ0) is 14.5. The molecule has 0 atom stereocenters. The van der Waals surface area contributed by atoms with Crippen LogP contribution in [-0.4, -0.2) is 37.2 Å². The lowest BCUT2D eigenvalue weighted by Gasteiger charge is -2.17. The lowest BCUT2D eigenvalue weighted by atomic mass is 10.1. The van der Waals surface area contributed by atoms with Crippen LogP contribution in [0.1, 0.15) is 29.5 Å². The summed E-state index contributed by atoms with van der Waals surface area (Å²) in [6.07, 6.45) is 2.23. The van der Waals surface area contributed by atoms with Crippen LogP contribution in [0.25, 0.3) is 0 Å². The van der Waals surface area contributed by atoms with Crippen molar-refractivity contribution >= 4 is 6.03 Å². The molecule has 4 heteroatoms. The highest BCUT2D eigenvalue weighted by Gasteiger charge is 2.16. The van der Waals surface area contributed by atoms with Gasteiger partial charge in [0, 0.05) is 13.1 Å². The first-order valence-electron chi connectivity index (χ1n) is 7.31. The molecule has 1 aromatic carbocycles. The fourth-order valence-electron chi connectivity index (χ4n) is 2.74. The summed E-state index contributed by atoms with van der Waals surface area (Å²) in [5.41, 5.74) is 3.54. The second-order valence-electron chi connectivity index (χ2n) is 5.50.